The molecular formula is C38H63N5O5. The topological polar surface area (TPSA) is 151 Å². The van der Waals surface area contributed by atoms with E-state index in [1.807, 2.05) is 27.7 Å². The fraction of sp³-hybridized carbons (Fsp3) is 0.711. The first-order valence-electron chi connectivity index (χ1n) is 18.0. The third-order valence-electron chi connectivity index (χ3n) is 10.0. The molecule has 5 atom stereocenters. The van der Waals surface area contributed by atoms with Crippen LogP contribution in [0.2, 0.25) is 0 Å². The number of nitrogens with one attached hydrogen (secondary N) is 2. The molecule has 6 N–H and O–H groups in total. The first-order valence-corrected chi connectivity index (χ1v) is 18.0. The van der Waals surface area contributed by atoms with Crippen molar-refractivity contribution in [1.82, 2.24) is 15.2 Å². The predicted molar refractivity (Wildman–Crippen MR) is 192 cm³/mol. The van der Waals surface area contributed by atoms with Crippen molar-refractivity contribution in [1.29, 1.82) is 0 Å². The molecule has 0 radical (unpaired) electrons. The number of methoxy groups -OCH3 is 1. The van der Waals surface area contributed by atoms with E-state index in [0.29, 0.717) is 31.2 Å². The Morgan fingerprint density at radius 2 is 1.73 bits per heavy atom. The summed E-state index contributed by atoms with van der Waals surface area (Å²) in [7, 11) is 3.82. The summed E-state index contributed by atoms with van der Waals surface area (Å²) in [6.07, 6.45) is 7.45. The predicted octanol–water partition coefficient (Wildman–Crippen LogP) is 4.49. The molecule has 1 aromatic heterocycles. The smallest absolute Gasteiger partial charge is 0.329 e. The van der Waals surface area contributed by atoms with Crippen molar-refractivity contribution in [3.63, 3.8) is 0 Å². The van der Waals surface area contributed by atoms with Crippen molar-refractivity contribution in [2.24, 2.45) is 54.0 Å². The number of benzene rings is 1. The van der Waals surface area contributed by atoms with Crippen LogP contribution in [-0.2, 0) is 43.7 Å². The van der Waals surface area contributed by atoms with E-state index in [2.05, 4.69) is 60.5 Å². The quantitative estimate of drug-likeness (QED) is 0.113. The lowest BCUT2D eigenvalue weighted by molar-refractivity contribution is -0.157. The largest absolute Gasteiger partial charge is 0.459 e. The second-order valence-corrected chi connectivity index (χ2v) is 15.1. The number of ether oxygens (including phenoxy) is 2. The Balaban J connectivity index is 1.85. The Morgan fingerprint density at radius 3 is 2.31 bits per heavy atom. The minimum absolute atomic E-state index is 0.0204. The summed E-state index contributed by atoms with van der Waals surface area (Å²) >= 11 is 0. The Bertz CT molecular complexity index is 1330. The van der Waals surface area contributed by atoms with E-state index in [4.69, 9.17) is 20.9 Å². The average Bonchev–Trinajstić information content (AvgIpc) is 3.82. The Labute approximate surface area is 288 Å². The molecule has 1 saturated carbocycles. The lowest BCUT2D eigenvalue weighted by atomic mass is 9.80. The maximum Gasteiger partial charge on any atom is 0.329 e. The monoisotopic (exact) mass is 669 g/mol. The van der Waals surface area contributed by atoms with Crippen LogP contribution in [0.4, 0.5) is 0 Å². The van der Waals surface area contributed by atoms with Crippen LogP contribution >= 0.6 is 0 Å². The minimum atomic E-state index is -0.867. The van der Waals surface area contributed by atoms with Gasteiger partial charge in [-0.1, -0.05) is 47.6 Å². The van der Waals surface area contributed by atoms with Gasteiger partial charge in [-0.2, -0.15) is 0 Å². The number of fused-ring (bicyclic) bond motifs is 1. The number of hydrogen-bond donors (Lipinski definition) is 4. The Morgan fingerprint density at radius 1 is 1.02 bits per heavy atom. The number of nitrogens with two attached hydrogens (primary N) is 2. The highest BCUT2D eigenvalue weighted by Gasteiger charge is 2.36. The van der Waals surface area contributed by atoms with Crippen LogP contribution in [0.15, 0.2) is 24.4 Å². The van der Waals surface area contributed by atoms with Gasteiger partial charge in [0.1, 0.15) is 12.1 Å². The number of rotatable bonds is 21. The summed E-state index contributed by atoms with van der Waals surface area (Å²) in [5.74, 6) is -0.506. The maximum atomic E-state index is 13.6. The van der Waals surface area contributed by atoms with Gasteiger partial charge in [0.25, 0.3) is 0 Å². The van der Waals surface area contributed by atoms with E-state index >= 15 is 0 Å². The number of hydrogen-bond acceptors (Lipinski definition) is 7. The highest BCUT2D eigenvalue weighted by atomic mass is 16.5. The molecule has 0 spiro atoms. The zero-order valence-corrected chi connectivity index (χ0v) is 30.7. The van der Waals surface area contributed by atoms with E-state index in [9.17, 15) is 14.4 Å². The summed E-state index contributed by atoms with van der Waals surface area (Å²) in [6.45, 7) is 13.3. The van der Waals surface area contributed by atoms with Gasteiger partial charge in [-0.25, -0.2) is 4.79 Å². The summed E-state index contributed by atoms with van der Waals surface area (Å²) in [4.78, 5) is 39.2. The fourth-order valence-electron chi connectivity index (χ4n) is 6.54. The zero-order chi connectivity index (χ0) is 35.5. The molecule has 3 rings (SSSR count). The molecule has 1 fully saturated rings. The first-order chi connectivity index (χ1) is 22.7. The van der Waals surface area contributed by atoms with Gasteiger partial charge >= 0.3 is 5.97 Å². The van der Waals surface area contributed by atoms with Gasteiger partial charge in [0, 0.05) is 56.4 Å². The molecule has 2 aromatic rings. The number of carbonyl (C=O) groups is 3. The van der Waals surface area contributed by atoms with Crippen LogP contribution in [0.5, 0.6) is 0 Å². The molecule has 1 aliphatic carbocycles. The lowest BCUT2D eigenvalue weighted by Gasteiger charge is -2.33. The van der Waals surface area contributed by atoms with Gasteiger partial charge in [-0.3, -0.25) is 9.59 Å². The van der Waals surface area contributed by atoms with Crippen molar-refractivity contribution in [2.75, 3.05) is 26.8 Å². The summed E-state index contributed by atoms with van der Waals surface area (Å²) in [5.41, 5.74) is 16.3. The van der Waals surface area contributed by atoms with Crippen molar-refractivity contribution >= 4 is 28.7 Å². The van der Waals surface area contributed by atoms with Crippen LogP contribution in [0.25, 0.3) is 10.9 Å². The average molecular weight is 670 g/mol. The van der Waals surface area contributed by atoms with Gasteiger partial charge in [0.15, 0.2) is 0 Å². The highest BCUT2D eigenvalue weighted by Crippen LogP contribution is 2.31. The molecule has 10 nitrogen and oxygen atoms in total. The SMILES string of the molecule is COCCCc1cn(C)c2ccc(CC(C[C@H](N)C(CC(C(=O)NCC3CC3)C(C)C)OC(=O)C(NC(=O)CN)C(C)C)C(C)C)cc12. The molecule has 1 aliphatic rings. The molecule has 0 aliphatic heterocycles. The molecule has 4 unspecified atom stereocenters. The number of carbonyl (C=O) groups excluding carboxylic acids is 3. The molecule has 270 valence electrons. The second kappa shape index (κ2) is 18.7. The molecule has 48 heavy (non-hydrogen) atoms. The van der Waals surface area contributed by atoms with Crippen LogP contribution in [0.1, 0.15) is 84.8 Å². The number of amides is 2. The Kier molecular flexibility index (Phi) is 15.4. The van der Waals surface area contributed by atoms with Gasteiger partial charge in [0.05, 0.1) is 6.54 Å². The Hall–Kier alpha value is -2.95. The van der Waals surface area contributed by atoms with Gasteiger partial charge in [-0.05, 0) is 97.8 Å². The standard InChI is InChI=1S/C38H63N5O5/c1-23(2)29(16-27-13-14-33-31(17-27)28(22-43(33)7)10-9-15-47-8)18-32(40)34(48-38(46)36(25(5)6)42-35(44)20-39)19-30(24(3)4)37(45)41-21-26-11-12-26/h13-14,17,22-26,29-30,32,34,36H,9-12,15-16,18-21,39-40H2,1-8H3,(H,41,45)(H,42,44)/t29?,30?,32-,34?,36?/m0/s1. The zero-order valence-electron chi connectivity index (χ0n) is 30.7. The van der Waals surface area contributed by atoms with Gasteiger partial charge in [0.2, 0.25) is 11.8 Å². The molecule has 1 aromatic carbocycles. The molecule has 0 saturated heterocycles. The van der Waals surface area contributed by atoms with E-state index in [1.54, 1.807) is 7.11 Å². The molecular weight excluding hydrogens is 606 g/mol. The number of aromatic nitrogens is 1. The third-order valence-corrected chi connectivity index (χ3v) is 10.0. The van der Waals surface area contributed by atoms with Crippen LogP contribution in [-0.4, -0.2) is 67.3 Å². The van der Waals surface area contributed by atoms with E-state index in [-0.39, 0.29) is 36.1 Å². The fourth-order valence-corrected chi connectivity index (χ4v) is 6.54. The number of nitrogens with zero attached hydrogens (tertiary/aromatic N) is 1. The van der Waals surface area contributed by atoms with E-state index < -0.39 is 30.1 Å². The summed E-state index contributed by atoms with van der Waals surface area (Å²) in [5, 5.41) is 7.10. The van der Waals surface area contributed by atoms with Crippen molar-refractivity contribution in [3.05, 3.63) is 35.5 Å². The molecule has 0 bridgehead atoms. The lowest BCUT2D eigenvalue weighted by Crippen LogP contribution is -2.51. The second-order valence-electron chi connectivity index (χ2n) is 15.1. The van der Waals surface area contributed by atoms with Crippen molar-refractivity contribution in [2.45, 2.75) is 105 Å². The molecule has 1 heterocycles. The number of aryl methyl sites for hydroxylation is 2. The molecule has 10 heteroatoms. The first kappa shape index (κ1) is 39.5. The minimum Gasteiger partial charge on any atom is -0.459 e. The van der Waals surface area contributed by atoms with E-state index in [0.717, 1.165) is 38.7 Å². The maximum absolute atomic E-state index is 13.6. The van der Waals surface area contributed by atoms with Crippen LogP contribution < -0.4 is 22.1 Å². The van der Waals surface area contributed by atoms with Crippen molar-refractivity contribution < 1.29 is 23.9 Å². The highest BCUT2D eigenvalue weighted by molar-refractivity contribution is 5.86. The van der Waals surface area contributed by atoms with Gasteiger partial charge in [-0.15, -0.1) is 0 Å². The van der Waals surface area contributed by atoms with Gasteiger partial charge < -0.3 is 36.1 Å². The van der Waals surface area contributed by atoms with E-state index in [1.165, 1.54) is 22.0 Å². The number of esters is 1. The van der Waals surface area contributed by atoms with Crippen molar-refractivity contribution in [3.8, 4) is 0 Å². The summed E-state index contributed by atoms with van der Waals surface area (Å²) in [6, 6.07) is 5.32. The molecule has 2 amide bonds. The normalized spacial score (nSPS) is 16.6. The van der Waals surface area contributed by atoms with Crippen LogP contribution in [0.3, 0.4) is 0 Å². The third kappa shape index (κ3) is 11.6. The van der Waals surface area contributed by atoms with Crippen LogP contribution in [0, 0.1) is 35.5 Å². The summed E-state index contributed by atoms with van der Waals surface area (Å²) < 4.78 is 13.7.